The normalized spacial score (nSPS) is 16.0. The van der Waals surface area contributed by atoms with E-state index in [1.165, 1.54) is 16.7 Å². The van der Waals surface area contributed by atoms with E-state index < -0.39 is 6.43 Å². The summed E-state index contributed by atoms with van der Waals surface area (Å²) in [4.78, 5) is 1.88. The fourth-order valence-corrected chi connectivity index (χ4v) is 2.62. The third kappa shape index (κ3) is 5.39. The highest BCUT2D eigenvalue weighted by Crippen LogP contribution is 2.26. The second-order valence-electron chi connectivity index (χ2n) is 6.43. The van der Waals surface area contributed by atoms with E-state index in [0.717, 1.165) is 25.9 Å². The first-order valence-electron chi connectivity index (χ1n) is 7.99. The topological polar surface area (TPSA) is 3.24 Å². The monoisotopic (exact) mass is 297 g/mol. The fourth-order valence-electron chi connectivity index (χ4n) is 2.62. The lowest BCUT2D eigenvalue weighted by Gasteiger charge is -2.21. The number of alkyl halides is 2. The summed E-state index contributed by atoms with van der Waals surface area (Å²) in [6.45, 7) is 12.0. The summed E-state index contributed by atoms with van der Waals surface area (Å²) in [5, 5.41) is 0. The smallest absolute Gasteiger partial charge is 0.251 e. The molecule has 0 saturated carbocycles. The first kappa shape index (κ1) is 18.1. The van der Waals surface area contributed by atoms with E-state index in [9.17, 15) is 8.78 Å². The van der Waals surface area contributed by atoms with Crippen molar-refractivity contribution in [2.75, 3.05) is 19.6 Å². The first-order valence-corrected chi connectivity index (χ1v) is 7.99. The van der Waals surface area contributed by atoms with Crippen LogP contribution in [-0.2, 0) is 18.3 Å². The summed E-state index contributed by atoms with van der Waals surface area (Å²) in [7, 11) is 0. The van der Waals surface area contributed by atoms with E-state index >= 15 is 0 Å². The molecule has 0 amide bonds. The number of halogens is 2. The molecule has 1 aromatic rings. The average molecular weight is 297 g/mol. The van der Waals surface area contributed by atoms with Gasteiger partial charge in [-0.25, -0.2) is 8.78 Å². The molecule has 0 unspecified atom stereocenters. The quantitative estimate of drug-likeness (QED) is 0.766. The van der Waals surface area contributed by atoms with Gasteiger partial charge in [0.1, 0.15) is 0 Å². The average Bonchev–Trinajstić information content (AvgIpc) is 2.62. The molecule has 0 aliphatic carbocycles. The van der Waals surface area contributed by atoms with E-state index in [0.29, 0.717) is 0 Å². The van der Waals surface area contributed by atoms with Crippen molar-refractivity contribution >= 4 is 0 Å². The Morgan fingerprint density at radius 2 is 1.62 bits per heavy atom. The molecule has 21 heavy (non-hydrogen) atoms. The van der Waals surface area contributed by atoms with Crippen molar-refractivity contribution < 1.29 is 8.78 Å². The molecule has 0 aromatic heterocycles. The largest absolute Gasteiger partial charge is 0.297 e. The maximum Gasteiger partial charge on any atom is 0.251 e. The number of hydrogen-bond donors (Lipinski definition) is 0. The molecule has 120 valence electrons. The fraction of sp³-hybridized carbons (Fsp3) is 0.667. The van der Waals surface area contributed by atoms with Gasteiger partial charge >= 0.3 is 0 Å². The lowest BCUT2D eigenvalue weighted by Crippen LogP contribution is -2.31. The number of rotatable bonds is 2. The summed E-state index contributed by atoms with van der Waals surface area (Å²) in [5.41, 5.74) is 4.13. The Hall–Kier alpha value is -0.960. The van der Waals surface area contributed by atoms with Gasteiger partial charge in [0, 0.05) is 13.1 Å². The Kier molecular flexibility index (Phi) is 6.79. The maximum absolute atomic E-state index is 12.5. The maximum atomic E-state index is 12.5. The van der Waals surface area contributed by atoms with Crippen LogP contribution in [0.2, 0.25) is 0 Å². The van der Waals surface area contributed by atoms with Gasteiger partial charge in [-0.1, -0.05) is 52.8 Å². The first-order chi connectivity index (χ1) is 9.86. The predicted octanol–water partition coefficient (Wildman–Crippen LogP) is 4.68. The minimum atomic E-state index is -2.23. The van der Waals surface area contributed by atoms with Crippen LogP contribution in [0.5, 0.6) is 0 Å². The number of fused-ring (bicyclic) bond motifs is 1. The third-order valence-electron chi connectivity index (χ3n) is 3.86. The Morgan fingerprint density at radius 1 is 1.05 bits per heavy atom. The van der Waals surface area contributed by atoms with Gasteiger partial charge in [-0.3, -0.25) is 4.90 Å². The van der Waals surface area contributed by atoms with Crippen molar-refractivity contribution in [1.29, 1.82) is 0 Å². The summed E-state index contributed by atoms with van der Waals surface area (Å²) in [6.07, 6.45) is -0.468. The van der Waals surface area contributed by atoms with E-state index in [1.54, 1.807) is 0 Å². The molecule has 1 aliphatic rings. The Labute approximate surface area is 128 Å². The van der Waals surface area contributed by atoms with Gasteiger partial charge in [-0.2, -0.15) is 0 Å². The number of benzene rings is 1. The molecule has 1 nitrogen and oxygen atoms in total. The van der Waals surface area contributed by atoms with Crippen LogP contribution in [0.3, 0.4) is 0 Å². The molecule has 1 aliphatic heterocycles. The van der Waals surface area contributed by atoms with Gasteiger partial charge in [0.05, 0.1) is 6.54 Å². The van der Waals surface area contributed by atoms with Crippen molar-refractivity contribution in [3.63, 3.8) is 0 Å². The van der Waals surface area contributed by atoms with E-state index in [4.69, 9.17) is 0 Å². The predicted molar refractivity (Wildman–Crippen MR) is 86.3 cm³/mol. The van der Waals surface area contributed by atoms with Crippen LogP contribution in [0, 0.1) is 0 Å². The summed E-state index contributed by atoms with van der Waals surface area (Å²) in [6, 6.07) is 6.63. The van der Waals surface area contributed by atoms with Crippen LogP contribution < -0.4 is 0 Å². The molecular formula is C18H29F2N. The summed E-state index contributed by atoms with van der Waals surface area (Å²) >= 11 is 0. The zero-order chi connectivity index (χ0) is 16.0. The molecule has 0 bridgehead atoms. The van der Waals surface area contributed by atoms with Gasteiger partial charge < -0.3 is 0 Å². The molecule has 0 atom stereocenters. The molecule has 0 radical (unpaired) electrons. The lowest BCUT2D eigenvalue weighted by molar-refractivity contribution is 0.0904. The molecule has 3 heteroatoms. The van der Waals surface area contributed by atoms with Gasteiger partial charge in [0.2, 0.25) is 0 Å². The van der Waals surface area contributed by atoms with E-state index in [2.05, 4.69) is 39.0 Å². The zero-order valence-electron chi connectivity index (χ0n) is 14.0. The van der Waals surface area contributed by atoms with Crippen LogP contribution in [0.25, 0.3) is 0 Å². The Bertz CT molecular complexity index is 435. The van der Waals surface area contributed by atoms with Crippen molar-refractivity contribution in [1.82, 2.24) is 4.90 Å². The highest BCUT2D eigenvalue weighted by molar-refractivity contribution is 5.36. The van der Waals surface area contributed by atoms with Crippen LogP contribution in [0.1, 0.15) is 51.3 Å². The number of nitrogens with zero attached hydrogens (tertiary/aromatic N) is 1. The molecule has 0 N–H and O–H groups in total. The van der Waals surface area contributed by atoms with Crippen LogP contribution >= 0.6 is 0 Å². The van der Waals surface area contributed by atoms with Gasteiger partial charge in [0.25, 0.3) is 6.43 Å². The summed E-state index contributed by atoms with van der Waals surface area (Å²) in [5.74, 6) is 0. The van der Waals surface area contributed by atoms with Crippen molar-refractivity contribution in [2.24, 2.45) is 0 Å². The molecule has 0 fully saturated rings. The minimum absolute atomic E-state index is 0.0971. The van der Waals surface area contributed by atoms with Crippen molar-refractivity contribution in [2.45, 2.75) is 59.3 Å². The molecule has 1 heterocycles. The molecule has 1 aromatic carbocycles. The van der Waals surface area contributed by atoms with E-state index in [-0.39, 0.29) is 12.0 Å². The third-order valence-corrected chi connectivity index (χ3v) is 3.86. The summed E-state index contributed by atoms with van der Waals surface area (Å²) < 4.78 is 24.9. The highest BCUT2D eigenvalue weighted by Gasteiger charge is 2.19. The van der Waals surface area contributed by atoms with Gasteiger partial charge in [-0.05, 0) is 34.9 Å². The Morgan fingerprint density at radius 3 is 2.14 bits per heavy atom. The SMILES string of the molecule is CC.CC(C)(C)c1ccc2c(c1)CCN(CC(F)F)CC2. The van der Waals surface area contributed by atoms with Crippen LogP contribution in [0.15, 0.2) is 18.2 Å². The second kappa shape index (κ2) is 7.88. The van der Waals surface area contributed by atoms with Gasteiger partial charge in [-0.15, -0.1) is 0 Å². The van der Waals surface area contributed by atoms with Crippen LogP contribution in [-0.4, -0.2) is 31.0 Å². The molecule has 0 saturated heterocycles. The lowest BCUT2D eigenvalue weighted by atomic mass is 9.84. The second-order valence-corrected chi connectivity index (χ2v) is 6.43. The van der Waals surface area contributed by atoms with E-state index in [1.807, 2.05) is 18.7 Å². The van der Waals surface area contributed by atoms with Crippen LogP contribution in [0.4, 0.5) is 8.78 Å². The molecule has 0 spiro atoms. The zero-order valence-corrected chi connectivity index (χ0v) is 14.0. The number of hydrogen-bond acceptors (Lipinski definition) is 1. The van der Waals surface area contributed by atoms with Crippen molar-refractivity contribution in [3.8, 4) is 0 Å². The standard InChI is InChI=1S/C16H23F2N.C2H6/c1-16(2,3)14-5-4-12-6-8-19(11-15(17)18)9-7-13(12)10-14;1-2/h4-5,10,15H,6-9,11H2,1-3H3;1-2H3. The highest BCUT2D eigenvalue weighted by atomic mass is 19.3. The Balaban J connectivity index is 0.00000106. The minimum Gasteiger partial charge on any atom is -0.297 e. The molecular weight excluding hydrogens is 268 g/mol. The van der Waals surface area contributed by atoms with Crippen molar-refractivity contribution in [3.05, 3.63) is 34.9 Å². The van der Waals surface area contributed by atoms with Gasteiger partial charge in [0.15, 0.2) is 0 Å². The molecule has 2 rings (SSSR count).